The molecule has 0 spiro atoms. The predicted octanol–water partition coefficient (Wildman–Crippen LogP) is 3.55. The lowest BCUT2D eigenvalue weighted by Crippen LogP contribution is -2.34. The topological polar surface area (TPSA) is 56.1 Å². The van der Waals surface area contributed by atoms with Gasteiger partial charge in [0.15, 0.2) is 0 Å². The molecule has 0 aliphatic carbocycles. The van der Waals surface area contributed by atoms with Crippen LogP contribution >= 0.6 is 0 Å². The van der Waals surface area contributed by atoms with Gasteiger partial charge in [0.1, 0.15) is 28.8 Å². The van der Waals surface area contributed by atoms with E-state index in [1.54, 1.807) is 4.57 Å². The maximum Gasteiger partial charge on any atom is 0.282 e. The highest BCUT2D eigenvalue weighted by molar-refractivity contribution is 5.94. The van der Waals surface area contributed by atoms with Gasteiger partial charge in [0.05, 0.1) is 12.6 Å². The Kier molecular flexibility index (Phi) is 4.34. The summed E-state index contributed by atoms with van der Waals surface area (Å²) in [7, 11) is 0. The van der Waals surface area contributed by atoms with E-state index in [-0.39, 0.29) is 5.69 Å². The number of carbonyl (C=O) groups excluding carboxylic acids is 1. The fourth-order valence-corrected chi connectivity index (χ4v) is 3.64. The molecule has 8 heteroatoms. The van der Waals surface area contributed by atoms with Crippen molar-refractivity contribution in [1.82, 2.24) is 14.9 Å². The van der Waals surface area contributed by atoms with Gasteiger partial charge in [0.25, 0.3) is 12.3 Å². The maximum absolute atomic E-state index is 13.6. The number of nitrogens with one attached hydrogen (secondary N) is 1. The minimum Gasteiger partial charge on any atom is -0.493 e. The number of carbonyl (C=O) groups is 1. The molecule has 1 N–H and O–H groups in total. The van der Waals surface area contributed by atoms with Crippen LogP contribution in [0.2, 0.25) is 0 Å². The predicted molar refractivity (Wildman–Crippen MR) is 86.8 cm³/mol. The van der Waals surface area contributed by atoms with Crippen LogP contribution in [-0.2, 0) is 13.0 Å². The molecule has 1 unspecified atom stereocenters. The third kappa shape index (κ3) is 2.93. The summed E-state index contributed by atoms with van der Waals surface area (Å²) in [5, 5.41) is 2.77. The lowest BCUT2D eigenvalue weighted by molar-refractivity contribution is 0.0898. The van der Waals surface area contributed by atoms with Crippen LogP contribution < -0.4 is 10.1 Å². The van der Waals surface area contributed by atoms with Crippen molar-refractivity contribution in [3.63, 3.8) is 0 Å². The summed E-state index contributed by atoms with van der Waals surface area (Å²) >= 11 is 0. The highest BCUT2D eigenvalue weighted by atomic mass is 19.3. The average molecular weight is 365 g/mol. The summed E-state index contributed by atoms with van der Waals surface area (Å²) in [6.45, 7) is 0.854. The van der Waals surface area contributed by atoms with Gasteiger partial charge in [-0.1, -0.05) is 0 Å². The molecule has 1 atom stereocenters. The molecule has 26 heavy (non-hydrogen) atoms. The Morgan fingerprint density at radius 1 is 1.35 bits per heavy atom. The smallest absolute Gasteiger partial charge is 0.282 e. The van der Waals surface area contributed by atoms with Crippen molar-refractivity contribution in [2.45, 2.75) is 44.7 Å². The second kappa shape index (κ2) is 6.66. The number of halogens is 3. The Balaban J connectivity index is 1.66. The molecule has 3 heterocycles. The quantitative estimate of drug-likeness (QED) is 0.905. The van der Waals surface area contributed by atoms with E-state index in [9.17, 15) is 18.0 Å². The fourth-order valence-electron chi connectivity index (χ4n) is 3.64. The number of aromatic nitrogens is 2. The van der Waals surface area contributed by atoms with Gasteiger partial charge in [0.2, 0.25) is 0 Å². The first-order valence-electron chi connectivity index (χ1n) is 8.65. The zero-order chi connectivity index (χ0) is 18.3. The van der Waals surface area contributed by atoms with Crippen LogP contribution in [0.1, 0.15) is 59.3 Å². The molecule has 1 aromatic carbocycles. The number of alkyl halides is 2. The molecule has 138 valence electrons. The first-order valence-corrected chi connectivity index (χ1v) is 8.65. The summed E-state index contributed by atoms with van der Waals surface area (Å²) in [6, 6.07) is 3.60. The fraction of sp³-hybridized carbons (Fsp3) is 0.444. The molecule has 2 aliphatic rings. The average Bonchev–Trinajstić information content (AvgIpc) is 3.02. The molecule has 5 nitrogen and oxygen atoms in total. The van der Waals surface area contributed by atoms with E-state index in [0.717, 1.165) is 12.8 Å². The van der Waals surface area contributed by atoms with E-state index in [1.807, 2.05) is 0 Å². The second-order valence-electron chi connectivity index (χ2n) is 6.52. The Hall–Kier alpha value is -2.51. The molecule has 0 fully saturated rings. The number of fused-ring (bicyclic) bond motifs is 2. The van der Waals surface area contributed by atoms with E-state index in [0.29, 0.717) is 43.1 Å². The monoisotopic (exact) mass is 365 g/mol. The minimum atomic E-state index is -2.83. The lowest BCUT2D eigenvalue weighted by Gasteiger charge is -2.27. The minimum absolute atomic E-state index is 0.0841. The van der Waals surface area contributed by atoms with Crippen LogP contribution in [0.15, 0.2) is 18.2 Å². The summed E-state index contributed by atoms with van der Waals surface area (Å²) in [4.78, 5) is 16.8. The standard InChI is InChI=1S/C18H18F3N3O2/c19-10-4-5-13-11(9-10)12(6-8-26-13)22-18(25)16-15(17(20)21)23-14-3-1-2-7-24(14)16/h4-5,9,12,17H,1-3,6-8H2,(H,22,25). The normalized spacial score (nSPS) is 18.8. The maximum atomic E-state index is 13.6. The lowest BCUT2D eigenvalue weighted by atomic mass is 10.00. The molecule has 0 bridgehead atoms. The van der Waals surface area contributed by atoms with Crippen LogP contribution in [-0.4, -0.2) is 22.1 Å². The zero-order valence-corrected chi connectivity index (χ0v) is 14.0. The van der Waals surface area contributed by atoms with Gasteiger partial charge in [-0.05, 0) is 31.0 Å². The Morgan fingerprint density at radius 2 is 2.19 bits per heavy atom. The van der Waals surface area contributed by atoms with Crippen molar-refractivity contribution in [1.29, 1.82) is 0 Å². The van der Waals surface area contributed by atoms with E-state index in [1.165, 1.54) is 18.2 Å². The van der Waals surface area contributed by atoms with Crippen LogP contribution in [0, 0.1) is 5.82 Å². The highest BCUT2D eigenvalue weighted by Crippen LogP contribution is 2.33. The number of aryl methyl sites for hydroxylation is 1. The highest BCUT2D eigenvalue weighted by Gasteiger charge is 2.31. The van der Waals surface area contributed by atoms with Crippen molar-refractivity contribution < 1.29 is 22.7 Å². The van der Waals surface area contributed by atoms with Gasteiger partial charge in [-0.2, -0.15) is 0 Å². The molecule has 1 aromatic heterocycles. The third-order valence-corrected chi connectivity index (χ3v) is 4.84. The summed E-state index contributed by atoms with van der Waals surface area (Å²) in [5.41, 5.74) is -0.0494. The zero-order valence-electron chi connectivity index (χ0n) is 14.0. The SMILES string of the molecule is O=C(NC1CCOc2ccc(F)cc21)c1c(C(F)F)nc2n1CCCC2. The number of rotatable bonds is 3. The number of imidazole rings is 1. The van der Waals surface area contributed by atoms with Gasteiger partial charge >= 0.3 is 0 Å². The molecule has 4 rings (SSSR count). The molecule has 2 aromatic rings. The van der Waals surface area contributed by atoms with Crippen LogP contribution in [0.5, 0.6) is 5.75 Å². The number of ether oxygens (including phenoxy) is 1. The van der Waals surface area contributed by atoms with Crippen molar-refractivity contribution >= 4 is 5.91 Å². The third-order valence-electron chi connectivity index (χ3n) is 4.84. The number of amides is 1. The number of hydrogen-bond acceptors (Lipinski definition) is 3. The van der Waals surface area contributed by atoms with Gasteiger partial charge in [-0.25, -0.2) is 18.2 Å². The van der Waals surface area contributed by atoms with Gasteiger partial charge in [-0.3, -0.25) is 4.79 Å². The van der Waals surface area contributed by atoms with Gasteiger partial charge < -0.3 is 14.6 Å². The number of nitrogens with zero attached hydrogens (tertiary/aromatic N) is 2. The molecule has 0 saturated heterocycles. The molecule has 0 radical (unpaired) electrons. The van der Waals surface area contributed by atoms with Crippen molar-refractivity contribution in [2.75, 3.05) is 6.61 Å². The Bertz CT molecular complexity index is 850. The van der Waals surface area contributed by atoms with Crippen LogP contribution in [0.25, 0.3) is 0 Å². The molecular weight excluding hydrogens is 347 g/mol. The van der Waals surface area contributed by atoms with Gasteiger partial charge in [0, 0.05) is 24.9 Å². The molecule has 2 aliphatic heterocycles. The van der Waals surface area contributed by atoms with Crippen LogP contribution in [0.3, 0.4) is 0 Å². The number of hydrogen-bond donors (Lipinski definition) is 1. The van der Waals surface area contributed by atoms with E-state index >= 15 is 0 Å². The summed E-state index contributed by atoms with van der Waals surface area (Å²) in [6.07, 6.45) is -0.121. The van der Waals surface area contributed by atoms with Crippen molar-refractivity contribution in [3.05, 3.63) is 46.8 Å². The summed E-state index contributed by atoms with van der Waals surface area (Å²) in [5.74, 6) is -0.0333. The van der Waals surface area contributed by atoms with Gasteiger partial charge in [-0.15, -0.1) is 0 Å². The second-order valence-corrected chi connectivity index (χ2v) is 6.52. The molecule has 0 saturated carbocycles. The molecule has 1 amide bonds. The van der Waals surface area contributed by atoms with E-state index in [2.05, 4.69) is 10.3 Å². The number of benzene rings is 1. The molecular formula is C18H18F3N3O2. The van der Waals surface area contributed by atoms with E-state index in [4.69, 9.17) is 4.74 Å². The largest absolute Gasteiger partial charge is 0.493 e. The first-order chi connectivity index (χ1) is 12.5. The van der Waals surface area contributed by atoms with E-state index < -0.39 is 29.9 Å². The van der Waals surface area contributed by atoms with Crippen molar-refractivity contribution in [3.8, 4) is 5.75 Å². The van der Waals surface area contributed by atoms with Crippen molar-refractivity contribution in [2.24, 2.45) is 0 Å². The Morgan fingerprint density at radius 3 is 3.00 bits per heavy atom. The first kappa shape index (κ1) is 16.9. The Labute approximate surface area is 148 Å². The summed E-state index contributed by atoms with van der Waals surface area (Å²) < 4.78 is 47.5. The van der Waals surface area contributed by atoms with Crippen LogP contribution in [0.4, 0.5) is 13.2 Å².